The highest BCUT2D eigenvalue weighted by atomic mass is 19.4. The maximum Gasteiger partial charge on any atom is 0.573 e. The third-order valence-electron chi connectivity index (χ3n) is 3.80. The Morgan fingerprint density at radius 1 is 1.00 bits per heavy atom. The fourth-order valence-electron chi connectivity index (χ4n) is 2.65. The van der Waals surface area contributed by atoms with E-state index >= 15 is 0 Å². The molecule has 0 heterocycles. The number of carbonyl (C=O) groups excluding carboxylic acids is 2. The van der Waals surface area contributed by atoms with Crippen molar-refractivity contribution in [1.29, 1.82) is 0 Å². The molecule has 0 fully saturated rings. The predicted molar refractivity (Wildman–Crippen MR) is 100.0 cm³/mol. The number of ether oxygens (including phenoxy) is 2. The summed E-state index contributed by atoms with van der Waals surface area (Å²) in [7, 11) is 0. The zero-order chi connectivity index (χ0) is 21.4. The molecular formula is C21H22F3NO4. The van der Waals surface area contributed by atoms with Gasteiger partial charge in [0.05, 0.1) is 25.0 Å². The van der Waals surface area contributed by atoms with E-state index in [4.69, 9.17) is 4.74 Å². The van der Waals surface area contributed by atoms with Crippen molar-refractivity contribution in [2.24, 2.45) is 0 Å². The van der Waals surface area contributed by atoms with Gasteiger partial charge in [-0.25, -0.2) is 0 Å². The van der Waals surface area contributed by atoms with Crippen molar-refractivity contribution in [2.75, 3.05) is 0 Å². The smallest absolute Gasteiger partial charge is 0.463 e. The summed E-state index contributed by atoms with van der Waals surface area (Å²) in [6.07, 6.45) is -5.14. The molecule has 8 heteroatoms. The maximum atomic E-state index is 12.4. The normalized spacial score (nSPS) is 12.3. The molecule has 2 aromatic carbocycles. The van der Waals surface area contributed by atoms with Crippen molar-refractivity contribution in [3.05, 3.63) is 65.7 Å². The second-order valence-electron chi connectivity index (χ2n) is 6.64. The first-order valence-electron chi connectivity index (χ1n) is 9.01. The lowest BCUT2D eigenvalue weighted by molar-refractivity contribution is -0.274. The Bertz CT molecular complexity index is 805. The Kier molecular flexibility index (Phi) is 7.64. The van der Waals surface area contributed by atoms with Gasteiger partial charge in [0.15, 0.2) is 0 Å². The summed E-state index contributed by atoms with van der Waals surface area (Å²) < 4.78 is 45.6. The molecule has 0 aliphatic carbocycles. The number of hydrogen-bond donors (Lipinski definition) is 1. The van der Waals surface area contributed by atoms with E-state index in [2.05, 4.69) is 10.1 Å². The highest BCUT2D eigenvalue weighted by Crippen LogP contribution is 2.23. The molecule has 1 unspecified atom stereocenters. The molecule has 0 radical (unpaired) electrons. The zero-order valence-corrected chi connectivity index (χ0v) is 16.0. The maximum absolute atomic E-state index is 12.4. The van der Waals surface area contributed by atoms with E-state index in [0.29, 0.717) is 5.56 Å². The number of hydrogen-bond acceptors (Lipinski definition) is 4. The topological polar surface area (TPSA) is 64.6 Å². The Balaban J connectivity index is 2.02. The molecule has 29 heavy (non-hydrogen) atoms. The number of carbonyl (C=O) groups is 2. The molecule has 1 atom stereocenters. The van der Waals surface area contributed by atoms with Crippen molar-refractivity contribution < 1.29 is 32.2 Å². The molecule has 2 aromatic rings. The largest absolute Gasteiger partial charge is 0.573 e. The monoisotopic (exact) mass is 409 g/mol. The van der Waals surface area contributed by atoms with Crippen molar-refractivity contribution >= 4 is 11.9 Å². The second kappa shape index (κ2) is 9.95. The number of alkyl halides is 3. The average molecular weight is 409 g/mol. The minimum atomic E-state index is -4.77. The number of rotatable bonds is 8. The van der Waals surface area contributed by atoms with E-state index in [1.165, 1.54) is 12.1 Å². The van der Waals surface area contributed by atoms with E-state index in [0.717, 1.165) is 17.7 Å². The van der Waals surface area contributed by atoms with Crippen LogP contribution >= 0.6 is 0 Å². The number of nitrogens with one attached hydrogen (secondary N) is 1. The lowest BCUT2D eigenvalue weighted by Crippen LogP contribution is -2.32. The molecule has 1 amide bonds. The number of benzene rings is 2. The summed E-state index contributed by atoms with van der Waals surface area (Å²) in [5.41, 5.74) is 1.25. The van der Waals surface area contributed by atoms with E-state index in [9.17, 15) is 22.8 Å². The minimum Gasteiger partial charge on any atom is -0.463 e. The Labute approximate surface area is 166 Å². The van der Waals surface area contributed by atoms with Gasteiger partial charge in [0.25, 0.3) is 0 Å². The van der Waals surface area contributed by atoms with Crippen molar-refractivity contribution in [2.45, 2.75) is 45.2 Å². The van der Waals surface area contributed by atoms with Gasteiger partial charge in [0, 0.05) is 0 Å². The van der Waals surface area contributed by atoms with Gasteiger partial charge < -0.3 is 14.8 Å². The number of amides is 1. The van der Waals surface area contributed by atoms with Gasteiger partial charge in [-0.2, -0.15) is 0 Å². The molecule has 0 spiro atoms. The summed E-state index contributed by atoms with van der Waals surface area (Å²) in [6.45, 7) is 3.47. The van der Waals surface area contributed by atoms with Crippen molar-refractivity contribution in [1.82, 2.24) is 5.32 Å². The molecule has 0 aromatic heterocycles. The van der Waals surface area contributed by atoms with Gasteiger partial charge in [0.2, 0.25) is 5.91 Å². The standard InChI is InChI=1S/C21H22F3NO4/c1-14(2)28-20(27)13-18(16-6-4-3-5-7-16)25-19(26)12-15-8-10-17(11-9-15)29-21(22,23)24/h3-11,14,18H,12-13H2,1-2H3,(H,25,26). The first-order valence-corrected chi connectivity index (χ1v) is 9.01. The molecule has 0 aliphatic heterocycles. The van der Waals surface area contributed by atoms with E-state index in [-0.39, 0.29) is 30.6 Å². The molecule has 1 N–H and O–H groups in total. The zero-order valence-electron chi connectivity index (χ0n) is 16.0. The lowest BCUT2D eigenvalue weighted by Gasteiger charge is -2.19. The molecule has 2 rings (SSSR count). The van der Waals surface area contributed by atoms with Crippen LogP contribution in [-0.4, -0.2) is 24.3 Å². The van der Waals surface area contributed by atoms with Crippen LogP contribution < -0.4 is 10.1 Å². The van der Waals surface area contributed by atoms with Gasteiger partial charge >= 0.3 is 12.3 Å². The molecule has 0 saturated heterocycles. The van der Waals surface area contributed by atoms with E-state index < -0.39 is 18.4 Å². The first kappa shape index (κ1) is 22.3. The molecule has 0 bridgehead atoms. The fraction of sp³-hybridized carbons (Fsp3) is 0.333. The second-order valence-corrected chi connectivity index (χ2v) is 6.64. The van der Waals surface area contributed by atoms with Gasteiger partial charge in [0.1, 0.15) is 5.75 Å². The molecule has 0 saturated carbocycles. The van der Waals surface area contributed by atoms with Gasteiger partial charge in [-0.15, -0.1) is 13.2 Å². The summed E-state index contributed by atoms with van der Waals surface area (Å²) in [5, 5.41) is 2.79. The van der Waals surface area contributed by atoms with Crippen LogP contribution in [-0.2, 0) is 20.7 Å². The first-order chi connectivity index (χ1) is 13.6. The van der Waals surface area contributed by atoms with E-state index in [1.54, 1.807) is 38.1 Å². The summed E-state index contributed by atoms with van der Waals surface area (Å²) >= 11 is 0. The summed E-state index contributed by atoms with van der Waals surface area (Å²) in [4.78, 5) is 24.5. The van der Waals surface area contributed by atoms with Crippen LogP contribution in [0, 0.1) is 0 Å². The van der Waals surface area contributed by atoms with Gasteiger partial charge in [-0.3, -0.25) is 9.59 Å². The average Bonchev–Trinajstić information content (AvgIpc) is 2.61. The quantitative estimate of drug-likeness (QED) is 0.660. The van der Waals surface area contributed by atoms with Crippen LogP contribution in [0.3, 0.4) is 0 Å². The molecular weight excluding hydrogens is 387 g/mol. The molecule has 156 valence electrons. The van der Waals surface area contributed by atoms with Gasteiger partial charge in [-0.1, -0.05) is 42.5 Å². The summed E-state index contributed by atoms with van der Waals surface area (Å²) in [5.74, 6) is -1.18. The molecule has 0 aliphatic rings. The third kappa shape index (κ3) is 8.25. The SMILES string of the molecule is CC(C)OC(=O)CC(NC(=O)Cc1ccc(OC(F)(F)F)cc1)c1ccccc1. The predicted octanol–water partition coefficient (Wildman–Crippen LogP) is 4.33. The highest BCUT2D eigenvalue weighted by molar-refractivity contribution is 5.80. The minimum absolute atomic E-state index is 0.0354. The van der Waals surface area contributed by atoms with Crippen molar-refractivity contribution in [3.8, 4) is 5.75 Å². The van der Waals surface area contributed by atoms with Crippen LogP contribution in [0.5, 0.6) is 5.75 Å². The highest BCUT2D eigenvalue weighted by Gasteiger charge is 2.31. The van der Waals surface area contributed by atoms with Crippen LogP contribution in [0.4, 0.5) is 13.2 Å². The van der Waals surface area contributed by atoms with Crippen molar-refractivity contribution in [3.63, 3.8) is 0 Å². The van der Waals surface area contributed by atoms with E-state index in [1.807, 2.05) is 6.07 Å². The lowest BCUT2D eigenvalue weighted by atomic mass is 10.0. The number of halogens is 3. The Morgan fingerprint density at radius 2 is 1.62 bits per heavy atom. The van der Waals surface area contributed by atoms with Crippen LogP contribution in [0.1, 0.15) is 37.4 Å². The van der Waals surface area contributed by atoms with Crippen LogP contribution in [0.2, 0.25) is 0 Å². The van der Waals surface area contributed by atoms with Crippen LogP contribution in [0.25, 0.3) is 0 Å². The molecule has 5 nitrogen and oxygen atoms in total. The van der Waals surface area contributed by atoms with Gasteiger partial charge in [-0.05, 0) is 37.1 Å². The Morgan fingerprint density at radius 3 is 2.17 bits per heavy atom. The third-order valence-corrected chi connectivity index (χ3v) is 3.80. The van der Waals surface area contributed by atoms with Crippen LogP contribution in [0.15, 0.2) is 54.6 Å². The number of esters is 1. The fourth-order valence-corrected chi connectivity index (χ4v) is 2.65. The summed E-state index contributed by atoms with van der Waals surface area (Å²) in [6, 6.07) is 13.4. The Hall–Kier alpha value is -3.03.